The Balaban J connectivity index is 2.83. The predicted octanol–water partition coefficient (Wildman–Crippen LogP) is 4.06. The minimum Gasteiger partial charge on any atom is -0.480 e. The molecule has 4 nitrogen and oxygen atoms in total. The number of rotatable bonds is 4. The van der Waals surface area contributed by atoms with Crippen LogP contribution in [0, 0.1) is 19.8 Å². The van der Waals surface area contributed by atoms with E-state index in [4.69, 9.17) is 4.98 Å². The third-order valence-corrected chi connectivity index (χ3v) is 4.01. The van der Waals surface area contributed by atoms with Crippen LogP contribution in [0.15, 0.2) is 12.1 Å². The van der Waals surface area contributed by atoms with Crippen molar-refractivity contribution in [3.05, 3.63) is 29.1 Å². The molecule has 0 radical (unpaired) electrons. The lowest BCUT2D eigenvalue weighted by Gasteiger charge is -2.22. The molecule has 114 valence electrons. The van der Waals surface area contributed by atoms with E-state index in [-0.39, 0.29) is 11.8 Å². The fourth-order valence-corrected chi connectivity index (χ4v) is 2.76. The van der Waals surface area contributed by atoms with Crippen LogP contribution >= 0.6 is 0 Å². The molecule has 2 aromatic rings. The van der Waals surface area contributed by atoms with Gasteiger partial charge in [0.25, 0.3) is 0 Å². The number of imidazole rings is 1. The fraction of sp³-hybridized carbons (Fsp3) is 0.529. The summed E-state index contributed by atoms with van der Waals surface area (Å²) in [4.78, 5) is 16.5. The largest absolute Gasteiger partial charge is 0.480 e. The number of aromatic nitrogens is 2. The van der Waals surface area contributed by atoms with Gasteiger partial charge in [0.1, 0.15) is 11.9 Å². The van der Waals surface area contributed by atoms with E-state index in [0.29, 0.717) is 0 Å². The van der Waals surface area contributed by atoms with E-state index in [9.17, 15) is 9.90 Å². The van der Waals surface area contributed by atoms with E-state index < -0.39 is 12.0 Å². The Morgan fingerprint density at radius 1 is 1.14 bits per heavy atom. The number of fused-ring (bicyclic) bond motifs is 1. The molecule has 1 N–H and O–H groups in total. The lowest BCUT2D eigenvalue weighted by molar-refractivity contribution is -0.142. The van der Waals surface area contributed by atoms with Crippen LogP contribution < -0.4 is 0 Å². The third kappa shape index (κ3) is 2.67. The number of carboxylic acid groups (broad SMARTS) is 1. The zero-order chi connectivity index (χ0) is 15.9. The van der Waals surface area contributed by atoms with E-state index in [0.717, 1.165) is 22.4 Å². The first-order valence-electron chi connectivity index (χ1n) is 7.46. The summed E-state index contributed by atoms with van der Waals surface area (Å²) < 4.78 is 1.92. The molecule has 0 bridgehead atoms. The summed E-state index contributed by atoms with van der Waals surface area (Å²) in [5, 5.41) is 9.66. The first-order chi connectivity index (χ1) is 9.73. The molecule has 1 aromatic heterocycles. The highest BCUT2D eigenvalue weighted by Crippen LogP contribution is 2.31. The number of nitrogens with zero attached hydrogens (tertiary/aromatic N) is 2. The molecule has 0 saturated heterocycles. The van der Waals surface area contributed by atoms with E-state index >= 15 is 0 Å². The van der Waals surface area contributed by atoms with Gasteiger partial charge in [0, 0.05) is 5.92 Å². The molecule has 1 unspecified atom stereocenters. The van der Waals surface area contributed by atoms with Crippen molar-refractivity contribution in [1.82, 2.24) is 9.55 Å². The van der Waals surface area contributed by atoms with Crippen molar-refractivity contribution in [2.24, 2.45) is 5.92 Å². The van der Waals surface area contributed by atoms with E-state index in [1.54, 1.807) is 0 Å². The van der Waals surface area contributed by atoms with Gasteiger partial charge < -0.3 is 9.67 Å². The van der Waals surface area contributed by atoms with Crippen molar-refractivity contribution in [3.8, 4) is 0 Å². The second-order valence-electron chi connectivity index (χ2n) is 6.45. The molecule has 0 aliphatic heterocycles. The summed E-state index contributed by atoms with van der Waals surface area (Å²) in [5.74, 6) is 0.221. The van der Waals surface area contributed by atoms with Crippen molar-refractivity contribution in [1.29, 1.82) is 0 Å². The maximum Gasteiger partial charge on any atom is 0.327 e. The highest BCUT2D eigenvalue weighted by Gasteiger charge is 2.29. The van der Waals surface area contributed by atoms with Crippen LogP contribution in [0.2, 0.25) is 0 Å². The van der Waals surface area contributed by atoms with Gasteiger partial charge in [-0.05, 0) is 43.0 Å². The number of carboxylic acids is 1. The smallest absolute Gasteiger partial charge is 0.327 e. The summed E-state index contributed by atoms with van der Waals surface area (Å²) in [6, 6.07) is 3.52. The van der Waals surface area contributed by atoms with Crippen LogP contribution in [0.4, 0.5) is 0 Å². The van der Waals surface area contributed by atoms with Crippen molar-refractivity contribution in [3.63, 3.8) is 0 Å². The maximum absolute atomic E-state index is 11.8. The second-order valence-corrected chi connectivity index (χ2v) is 6.45. The molecule has 1 aromatic carbocycles. The van der Waals surface area contributed by atoms with Crippen LogP contribution in [0.25, 0.3) is 11.0 Å². The van der Waals surface area contributed by atoms with Gasteiger partial charge in [0.2, 0.25) is 0 Å². The minimum absolute atomic E-state index is 0.000917. The van der Waals surface area contributed by atoms with Crippen molar-refractivity contribution in [2.45, 2.75) is 53.5 Å². The number of hydrogen-bond acceptors (Lipinski definition) is 2. The zero-order valence-corrected chi connectivity index (χ0v) is 13.6. The van der Waals surface area contributed by atoms with Crippen molar-refractivity contribution >= 4 is 17.0 Å². The van der Waals surface area contributed by atoms with Crippen LogP contribution in [0.3, 0.4) is 0 Å². The standard InChI is InChI=1S/C17H24N2O2/c1-9(2)15(17(20)21)19-14-8-12(6)11(5)7-13(14)18-16(19)10(3)4/h7-10,15H,1-6H3,(H,20,21). The lowest BCUT2D eigenvalue weighted by Crippen LogP contribution is -2.26. The average Bonchev–Trinajstić information content (AvgIpc) is 2.68. The van der Waals surface area contributed by atoms with E-state index in [1.807, 2.05) is 31.4 Å². The highest BCUT2D eigenvalue weighted by atomic mass is 16.4. The van der Waals surface area contributed by atoms with Gasteiger partial charge in [-0.1, -0.05) is 27.7 Å². The molecule has 0 spiro atoms. The third-order valence-electron chi connectivity index (χ3n) is 4.01. The Labute approximate surface area is 125 Å². The molecule has 0 aliphatic carbocycles. The fourth-order valence-electron chi connectivity index (χ4n) is 2.76. The molecule has 2 rings (SSSR count). The average molecular weight is 288 g/mol. The SMILES string of the molecule is Cc1cc2nc(C(C)C)n(C(C(=O)O)C(C)C)c2cc1C. The Kier molecular flexibility index (Phi) is 4.08. The monoisotopic (exact) mass is 288 g/mol. The summed E-state index contributed by atoms with van der Waals surface area (Å²) >= 11 is 0. The topological polar surface area (TPSA) is 55.1 Å². The van der Waals surface area contributed by atoms with Gasteiger partial charge in [-0.2, -0.15) is 0 Å². The minimum atomic E-state index is -0.801. The van der Waals surface area contributed by atoms with Crippen LogP contribution in [-0.2, 0) is 4.79 Å². The molecule has 0 saturated carbocycles. The molecule has 0 fully saturated rings. The number of aryl methyl sites for hydroxylation is 2. The Hall–Kier alpha value is -1.84. The molecule has 0 amide bonds. The highest BCUT2D eigenvalue weighted by molar-refractivity contribution is 5.82. The molecule has 0 aliphatic rings. The number of hydrogen-bond donors (Lipinski definition) is 1. The Bertz CT molecular complexity index is 684. The number of aliphatic carboxylic acids is 1. The lowest BCUT2D eigenvalue weighted by atomic mass is 10.0. The van der Waals surface area contributed by atoms with E-state index in [2.05, 4.69) is 26.8 Å². The van der Waals surface area contributed by atoms with Gasteiger partial charge in [-0.3, -0.25) is 0 Å². The Morgan fingerprint density at radius 2 is 1.71 bits per heavy atom. The normalized spacial score (nSPS) is 13.3. The van der Waals surface area contributed by atoms with Gasteiger partial charge in [0.15, 0.2) is 0 Å². The van der Waals surface area contributed by atoms with Gasteiger partial charge >= 0.3 is 5.97 Å². The molecular formula is C17H24N2O2. The Morgan fingerprint density at radius 3 is 2.19 bits per heavy atom. The molecule has 4 heteroatoms. The first-order valence-corrected chi connectivity index (χ1v) is 7.46. The molecular weight excluding hydrogens is 264 g/mol. The maximum atomic E-state index is 11.8. The summed E-state index contributed by atoms with van der Waals surface area (Å²) in [5.41, 5.74) is 4.14. The van der Waals surface area contributed by atoms with Crippen LogP contribution in [0.5, 0.6) is 0 Å². The van der Waals surface area contributed by atoms with Gasteiger partial charge in [-0.25, -0.2) is 9.78 Å². The van der Waals surface area contributed by atoms with Crippen LogP contribution in [-0.4, -0.2) is 20.6 Å². The van der Waals surface area contributed by atoms with Gasteiger partial charge in [-0.15, -0.1) is 0 Å². The molecule has 1 heterocycles. The summed E-state index contributed by atoms with van der Waals surface area (Å²) in [6.07, 6.45) is 0. The van der Waals surface area contributed by atoms with Gasteiger partial charge in [0.05, 0.1) is 11.0 Å². The first kappa shape index (κ1) is 15.5. The quantitative estimate of drug-likeness (QED) is 0.923. The molecule has 1 atom stereocenters. The number of benzene rings is 1. The summed E-state index contributed by atoms with van der Waals surface area (Å²) in [7, 11) is 0. The number of carbonyl (C=O) groups is 1. The molecule has 21 heavy (non-hydrogen) atoms. The van der Waals surface area contributed by atoms with Crippen molar-refractivity contribution in [2.75, 3.05) is 0 Å². The second kappa shape index (κ2) is 5.51. The van der Waals surface area contributed by atoms with Crippen molar-refractivity contribution < 1.29 is 9.90 Å². The predicted molar refractivity (Wildman–Crippen MR) is 84.8 cm³/mol. The van der Waals surface area contributed by atoms with Crippen LogP contribution in [0.1, 0.15) is 56.6 Å². The summed E-state index contributed by atoms with van der Waals surface area (Å²) in [6.45, 7) is 12.1. The zero-order valence-electron chi connectivity index (χ0n) is 13.6. The van der Waals surface area contributed by atoms with E-state index in [1.165, 1.54) is 5.56 Å².